The summed E-state index contributed by atoms with van der Waals surface area (Å²) in [5, 5.41) is 12.3. The minimum absolute atomic E-state index is 0.0499. The number of H-pyrrole nitrogens is 2. The van der Waals surface area contributed by atoms with Crippen molar-refractivity contribution in [3.05, 3.63) is 59.9 Å². The van der Waals surface area contributed by atoms with Gasteiger partial charge in [0.15, 0.2) is 0 Å². The van der Waals surface area contributed by atoms with Crippen LogP contribution in [-0.4, -0.2) is 21.1 Å². The summed E-state index contributed by atoms with van der Waals surface area (Å²) in [7, 11) is 0. The molecule has 2 aromatic carbocycles. The second-order valence-corrected chi connectivity index (χ2v) is 5.99. The summed E-state index contributed by atoms with van der Waals surface area (Å²) < 4.78 is 0. The molecule has 5 rings (SSSR count). The standard InChI is InChI=1S/C18H14N4O/c23-18-7-13(11-2-1-3-15-12(11)4-5-19-15)14-6-10-9-20-22-16(10)8-17(14)21-18/h1-6,8-9,13,19H,7H2,(H,20,22)(H,21,23)/t13-/m0/s1. The van der Waals surface area contributed by atoms with Crippen molar-refractivity contribution in [3.8, 4) is 0 Å². The van der Waals surface area contributed by atoms with Gasteiger partial charge in [0.25, 0.3) is 0 Å². The molecule has 23 heavy (non-hydrogen) atoms. The number of fused-ring (bicyclic) bond motifs is 3. The highest BCUT2D eigenvalue weighted by Crippen LogP contribution is 2.41. The minimum atomic E-state index is 0.0499. The predicted molar refractivity (Wildman–Crippen MR) is 89.5 cm³/mol. The van der Waals surface area contributed by atoms with Gasteiger partial charge in [-0.1, -0.05) is 12.1 Å². The third kappa shape index (κ3) is 1.80. The molecule has 1 atom stereocenters. The topological polar surface area (TPSA) is 73.6 Å². The van der Waals surface area contributed by atoms with Gasteiger partial charge in [0.1, 0.15) is 0 Å². The molecule has 1 aliphatic rings. The summed E-state index contributed by atoms with van der Waals surface area (Å²) in [6.45, 7) is 0. The molecular formula is C18H14N4O. The largest absolute Gasteiger partial charge is 0.361 e. The Hall–Kier alpha value is -3.08. The van der Waals surface area contributed by atoms with Crippen molar-refractivity contribution in [1.29, 1.82) is 0 Å². The number of carbonyl (C=O) groups is 1. The van der Waals surface area contributed by atoms with Gasteiger partial charge in [-0.25, -0.2) is 0 Å². The van der Waals surface area contributed by atoms with Gasteiger partial charge in [-0.05, 0) is 35.4 Å². The number of amides is 1. The van der Waals surface area contributed by atoms with E-state index in [4.69, 9.17) is 0 Å². The SMILES string of the molecule is O=C1C[C@@H](c2cccc3[nH]ccc23)c2cc3cn[nH]c3cc2N1. The number of rotatable bonds is 1. The number of nitrogens with zero attached hydrogens (tertiary/aromatic N) is 1. The highest BCUT2D eigenvalue weighted by Gasteiger charge is 2.28. The van der Waals surface area contributed by atoms with Gasteiger partial charge in [0.2, 0.25) is 5.91 Å². The van der Waals surface area contributed by atoms with E-state index in [-0.39, 0.29) is 11.8 Å². The second-order valence-electron chi connectivity index (χ2n) is 5.99. The van der Waals surface area contributed by atoms with E-state index in [1.54, 1.807) is 0 Å². The van der Waals surface area contributed by atoms with E-state index < -0.39 is 0 Å². The average molecular weight is 302 g/mol. The highest BCUT2D eigenvalue weighted by atomic mass is 16.1. The molecule has 112 valence electrons. The Bertz CT molecular complexity index is 1060. The van der Waals surface area contributed by atoms with Gasteiger partial charge in [0.05, 0.1) is 11.7 Å². The number of aromatic amines is 2. The summed E-state index contributed by atoms with van der Waals surface area (Å²) in [6.07, 6.45) is 4.22. The number of hydrogen-bond donors (Lipinski definition) is 3. The van der Waals surface area contributed by atoms with Crippen LogP contribution in [-0.2, 0) is 4.79 Å². The Morgan fingerprint density at radius 3 is 3.00 bits per heavy atom. The number of aromatic nitrogens is 3. The van der Waals surface area contributed by atoms with E-state index >= 15 is 0 Å². The first kappa shape index (κ1) is 12.5. The van der Waals surface area contributed by atoms with Gasteiger partial charge in [-0.15, -0.1) is 0 Å². The van der Waals surface area contributed by atoms with Crippen molar-refractivity contribution in [2.75, 3.05) is 5.32 Å². The van der Waals surface area contributed by atoms with Crippen LogP contribution in [0.5, 0.6) is 0 Å². The van der Waals surface area contributed by atoms with Crippen molar-refractivity contribution in [1.82, 2.24) is 15.2 Å². The molecule has 4 aromatic rings. The predicted octanol–water partition coefficient (Wildman–Crippen LogP) is 3.52. The van der Waals surface area contributed by atoms with Crippen LogP contribution in [0.4, 0.5) is 5.69 Å². The van der Waals surface area contributed by atoms with E-state index in [2.05, 4.69) is 44.8 Å². The summed E-state index contributed by atoms with van der Waals surface area (Å²) in [6, 6.07) is 12.4. The van der Waals surface area contributed by atoms with Gasteiger partial charge >= 0.3 is 0 Å². The first-order chi connectivity index (χ1) is 11.3. The first-order valence-electron chi connectivity index (χ1n) is 7.62. The van der Waals surface area contributed by atoms with Crippen molar-refractivity contribution in [2.24, 2.45) is 0 Å². The quantitative estimate of drug-likeness (QED) is 0.503. The zero-order valence-electron chi connectivity index (χ0n) is 12.3. The molecule has 0 radical (unpaired) electrons. The molecule has 3 N–H and O–H groups in total. The zero-order chi connectivity index (χ0) is 15.4. The lowest BCUT2D eigenvalue weighted by Gasteiger charge is -2.26. The smallest absolute Gasteiger partial charge is 0.225 e. The molecule has 1 aliphatic heterocycles. The Morgan fingerprint density at radius 2 is 2.04 bits per heavy atom. The van der Waals surface area contributed by atoms with E-state index in [1.807, 2.05) is 24.5 Å². The Labute approximate surface area is 131 Å². The van der Waals surface area contributed by atoms with E-state index in [9.17, 15) is 4.79 Å². The van der Waals surface area contributed by atoms with Crippen molar-refractivity contribution < 1.29 is 4.79 Å². The summed E-state index contributed by atoms with van der Waals surface area (Å²) >= 11 is 0. The van der Waals surface area contributed by atoms with Crippen molar-refractivity contribution in [2.45, 2.75) is 12.3 Å². The molecule has 0 spiro atoms. The van der Waals surface area contributed by atoms with Crippen LogP contribution < -0.4 is 5.32 Å². The lowest BCUT2D eigenvalue weighted by molar-refractivity contribution is -0.116. The number of nitrogens with one attached hydrogen (secondary N) is 3. The number of benzene rings is 2. The molecule has 1 amide bonds. The molecule has 0 aliphatic carbocycles. The lowest BCUT2D eigenvalue weighted by Crippen LogP contribution is -2.23. The molecule has 5 nitrogen and oxygen atoms in total. The zero-order valence-corrected chi connectivity index (χ0v) is 12.3. The molecule has 0 unspecified atom stereocenters. The average Bonchev–Trinajstić information content (AvgIpc) is 3.20. The molecule has 5 heteroatoms. The maximum Gasteiger partial charge on any atom is 0.225 e. The van der Waals surface area contributed by atoms with Gasteiger partial charge in [-0.2, -0.15) is 5.10 Å². The van der Waals surface area contributed by atoms with Crippen LogP contribution >= 0.6 is 0 Å². The van der Waals surface area contributed by atoms with Gasteiger partial charge < -0.3 is 10.3 Å². The molecular weight excluding hydrogens is 288 g/mol. The highest BCUT2D eigenvalue weighted by molar-refractivity contribution is 5.99. The number of carbonyl (C=O) groups excluding carboxylic acids is 1. The Morgan fingerprint density at radius 1 is 1.09 bits per heavy atom. The Balaban J connectivity index is 1.78. The fraction of sp³-hybridized carbons (Fsp3) is 0.111. The molecule has 2 aromatic heterocycles. The molecule has 0 saturated carbocycles. The minimum Gasteiger partial charge on any atom is -0.361 e. The van der Waals surface area contributed by atoms with Crippen molar-refractivity contribution >= 4 is 33.4 Å². The summed E-state index contributed by atoms with van der Waals surface area (Å²) in [4.78, 5) is 15.5. The van der Waals surface area contributed by atoms with Crippen LogP contribution in [0.3, 0.4) is 0 Å². The normalized spacial score (nSPS) is 17.4. The fourth-order valence-electron chi connectivity index (χ4n) is 3.59. The van der Waals surface area contributed by atoms with Crippen LogP contribution in [0, 0.1) is 0 Å². The van der Waals surface area contributed by atoms with Gasteiger partial charge in [0, 0.05) is 40.5 Å². The lowest BCUT2D eigenvalue weighted by atomic mass is 9.83. The maximum atomic E-state index is 12.2. The van der Waals surface area contributed by atoms with E-state index in [1.165, 1.54) is 10.9 Å². The van der Waals surface area contributed by atoms with Crippen molar-refractivity contribution in [3.63, 3.8) is 0 Å². The maximum absolute atomic E-state index is 12.2. The second kappa shape index (κ2) is 4.46. The number of hydrogen-bond acceptors (Lipinski definition) is 2. The van der Waals surface area contributed by atoms with Crippen LogP contribution in [0.2, 0.25) is 0 Å². The summed E-state index contributed by atoms with van der Waals surface area (Å²) in [5.41, 5.74) is 5.23. The van der Waals surface area contributed by atoms with E-state index in [0.29, 0.717) is 6.42 Å². The van der Waals surface area contributed by atoms with Crippen LogP contribution in [0.15, 0.2) is 48.8 Å². The summed E-state index contributed by atoms with van der Waals surface area (Å²) in [5.74, 6) is 0.103. The van der Waals surface area contributed by atoms with E-state index in [0.717, 1.165) is 27.7 Å². The third-order valence-corrected chi connectivity index (χ3v) is 4.65. The monoisotopic (exact) mass is 302 g/mol. The Kier molecular flexibility index (Phi) is 2.42. The first-order valence-corrected chi connectivity index (χ1v) is 7.62. The molecule has 3 heterocycles. The number of anilines is 1. The molecule has 0 fully saturated rings. The van der Waals surface area contributed by atoms with Gasteiger partial charge in [-0.3, -0.25) is 9.89 Å². The third-order valence-electron chi connectivity index (χ3n) is 4.65. The fourth-order valence-corrected chi connectivity index (χ4v) is 3.59. The van der Waals surface area contributed by atoms with Crippen LogP contribution in [0.25, 0.3) is 21.8 Å². The molecule has 0 bridgehead atoms. The van der Waals surface area contributed by atoms with Crippen LogP contribution in [0.1, 0.15) is 23.5 Å². The molecule has 0 saturated heterocycles.